The summed E-state index contributed by atoms with van der Waals surface area (Å²) in [7, 11) is 1.73. The molecule has 2 aliphatic carbocycles. The molecule has 3 fully saturated rings. The van der Waals surface area contributed by atoms with Crippen molar-refractivity contribution >= 4 is 23.7 Å². The van der Waals surface area contributed by atoms with E-state index >= 15 is 0 Å². The van der Waals surface area contributed by atoms with Crippen LogP contribution in [0.25, 0.3) is 0 Å². The molecule has 2 heterocycles. The third-order valence-electron chi connectivity index (χ3n) is 8.67. The highest BCUT2D eigenvalue weighted by atomic mass is 16.5. The van der Waals surface area contributed by atoms with Crippen LogP contribution in [0, 0.1) is 11.8 Å². The monoisotopic (exact) mass is 572 g/mol. The number of aromatic nitrogens is 1. The van der Waals surface area contributed by atoms with E-state index in [1.54, 1.807) is 24.3 Å². The standard InChI is InChI=1S/C30H44N4O7/c1-34-27(36)18-25(28(34)21-4-2-14-31-19-21)29(37)32-15-17-41-24-12-10-23(11-13-24)40-16-3-5-26(35)33-22-8-6-20(7-9-22)30(38)39/h2,4,14,19-20,22-25,28H,3,5-13,15-18H2,1H3,(H,32,37)(H,33,35)(H,38,39)/t20?,22?,23?,24?,25-,28+/m0/s1. The molecule has 0 spiro atoms. The molecule has 4 rings (SSSR count). The van der Waals surface area contributed by atoms with E-state index in [9.17, 15) is 19.2 Å². The minimum Gasteiger partial charge on any atom is -0.481 e. The molecule has 1 aromatic heterocycles. The van der Waals surface area contributed by atoms with Crippen molar-refractivity contribution in [2.75, 3.05) is 26.8 Å². The van der Waals surface area contributed by atoms with Crippen molar-refractivity contribution < 1.29 is 33.8 Å². The van der Waals surface area contributed by atoms with E-state index < -0.39 is 11.9 Å². The maximum atomic E-state index is 12.9. The van der Waals surface area contributed by atoms with Crippen molar-refractivity contribution in [2.24, 2.45) is 11.8 Å². The highest BCUT2D eigenvalue weighted by molar-refractivity contribution is 5.90. The molecule has 11 heteroatoms. The third-order valence-corrected chi connectivity index (χ3v) is 8.67. The molecule has 0 radical (unpaired) electrons. The number of likely N-dealkylation sites (tertiary alicyclic amines) is 1. The molecule has 41 heavy (non-hydrogen) atoms. The van der Waals surface area contributed by atoms with E-state index in [-0.39, 0.29) is 54.4 Å². The largest absolute Gasteiger partial charge is 0.481 e. The Morgan fingerprint density at radius 2 is 1.71 bits per heavy atom. The van der Waals surface area contributed by atoms with Crippen molar-refractivity contribution in [1.29, 1.82) is 0 Å². The Labute approximate surface area is 241 Å². The zero-order valence-electron chi connectivity index (χ0n) is 24.0. The fourth-order valence-corrected chi connectivity index (χ4v) is 6.28. The van der Waals surface area contributed by atoms with Crippen LogP contribution >= 0.6 is 0 Å². The number of amides is 3. The van der Waals surface area contributed by atoms with Crippen LogP contribution in [0.5, 0.6) is 0 Å². The Kier molecular flexibility index (Phi) is 11.5. The first-order valence-electron chi connectivity index (χ1n) is 15.0. The van der Waals surface area contributed by atoms with Crippen molar-refractivity contribution in [3.8, 4) is 0 Å². The van der Waals surface area contributed by atoms with Gasteiger partial charge in [-0.05, 0) is 69.4 Å². The first-order valence-corrected chi connectivity index (χ1v) is 15.0. The van der Waals surface area contributed by atoms with Crippen LogP contribution < -0.4 is 10.6 Å². The Morgan fingerprint density at radius 3 is 2.34 bits per heavy atom. The minimum absolute atomic E-state index is 0.00993. The molecule has 2 atom stereocenters. The van der Waals surface area contributed by atoms with Crippen LogP contribution in [0.15, 0.2) is 24.5 Å². The summed E-state index contributed by atoms with van der Waals surface area (Å²) in [6, 6.07) is 3.48. The molecule has 3 N–H and O–H groups in total. The van der Waals surface area contributed by atoms with Gasteiger partial charge in [-0.3, -0.25) is 24.2 Å². The first kappa shape index (κ1) is 30.9. The van der Waals surface area contributed by atoms with Gasteiger partial charge in [-0.15, -0.1) is 0 Å². The number of carboxylic acid groups (broad SMARTS) is 1. The predicted octanol–water partition coefficient (Wildman–Crippen LogP) is 2.60. The lowest BCUT2D eigenvalue weighted by Crippen LogP contribution is -2.38. The van der Waals surface area contributed by atoms with E-state index in [1.165, 1.54) is 0 Å². The molecule has 0 unspecified atom stereocenters. The molecular formula is C30H44N4O7. The normalized spacial score (nSPS) is 28.3. The van der Waals surface area contributed by atoms with Gasteiger partial charge in [0.15, 0.2) is 0 Å². The van der Waals surface area contributed by atoms with E-state index in [1.807, 2.05) is 12.1 Å². The topological polar surface area (TPSA) is 147 Å². The fraction of sp³-hybridized carbons (Fsp3) is 0.700. The molecule has 3 aliphatic rings. The maximum absolute atomic E-state index is 12.9. The zero-order valence-corrected chi connectivity index (χ0v) is 24.0. The van der Waals surface area contributed by atoms with Crippen LogP contribution in [0.4, 0.5) is 0 Å². The smallest absolute Gasteiger partial charge is 0.306 e. The van der Waals surface area contributed by atoms with Gasteiger partial charge >= 0.3 is 5.97 Å². The van der Waals surface area contributed by atoms with Gasteiger partial charge in [0.1, 0.15) is 0 Å². The van der Waals surface area contributed by atoms with Gasteiger partial charge in [-0.1, -0.05) is 6.07 Å². The summed E-state index contributed by atoms with van der Waals surface area (Å²) in [6.07, 6.45) is 11.2. The van der Waals surface area contributed by atoms with Crippen molar-refractivity contribution in [3.05, 3.63) is 30.1 Å². The second kappa shape index (κ2) is 15.3. The van der Waals surface area contributed by atoms with Gasteiger partial charge in [0.05, 0.1) is 36.7 Å². The summed E-state index contributed by atoms with van der Waals surface area (Å²) in [6.45, 7) is 1.36. The average Bonchev–Trinajstić information content (AvgIpc) is 3.28. The lowest BCUT2D eigenvalue weighted by atomic mass is 9.86. The summed E-state index contributed by atoms with van der Waals surface area (Å²) < 4.78 is 12.0. The Hall–Kier alpha value is -3.05. The van der Waals surface area contributed by atoms with Crippen molar-refractivity contribution in [3.63, 3.8) is 0 Å². The molecule has 2 saturated carbocycles. The van der Waals surface area contributed by atoms with Crippen LogP contribution in [-0.4, -0.2) is 83.7 Å². The molecule has 1 aliphatic heterocycles. The van der Waals surface area contributed by atoms with Crippen LogP contribution in [-0.2, 0) is 28.7 Å². The lowest BCUT2D eigenvalue weighted by molar-refractivity contribution is -0.143. The van der Waals surface area contributed by atoms with Gasteiger partial charge in [-0.2, -0.15) is 0 Å². The number of nitrogens with one attached hydrogen (secondary N) is 2. The summed E-state index contributed by atoms with van der Waals surface area (Å²) in [5.41, 5.74) is 0.858. The summed E-state index contributed by atoms with van der Waals surface area (Å²) in [5, 5.41) is 15.1. The molecule has 226 valence electrons. The van der Waals surface area contributed by atoms with Crippen molar-refractivity contribution in [2.45, 2.75) is 94.9 Å². The molecule has 3 amide bonds. The average molecular weight is 573 g/mol. The first-order chi connectivity index (χ1) is 19.8. The Bertz CT molecular complexity index is 1020. The number of carbonyl (C=O) groups is 4. The summed E-state index contributed by atoms with van der Waals surface area (Å²) in [5.74, 6) is -1.64. The second-order valence-corrected chi connectivity index (χ2v) is 11.5. The highest BCUT2D eigenvalue weighted by Gasteiger charge is 2.42. The summed E-state index contributed by atoms with van der Waals surface area (Å²) >= 11 is 0. The third kappa shape index (κ3) is 8.97. The number of hydrogen-bond acceptors (Lipinski definition) is 7. The fourth-order valence-electron chi connectivity index (χ4n) is 6.28. The molecule has 11 nitrogen and oxygen atoms in total. The van der Waals surface area contributed by atoms with Gasteiger partial charge < -0.3 is 30.1 Å². The number of carbonyl (C=O) groups excluding carboxylic acids is 3. The Morgan fingerprint density at radius 1 is 1.02 bits per heavy atom. The van der Waals surface area contributed by atoms with Crippen molar-refractivity contribution in [1.82, 2.24) is 20.5 Å². The summed E-state index contributed by atoms with van der Waals surface area (Å²) in [4.78, 5) is 54.2. The molecule has 0 bridgehead atoms. The SMILES string of the molecule is CN1C(=O)C[C@H](C(=O)NCCOC2CCC(OCCCC(=O)NC3CCC(C(=O)O)CC3)CC2)[C@H]1c1cccnc1. The predicted molar refractivity (Wildman–Crippen MR) is 150 cm³/mol. The molecule has 1 saturated heterocycles. The molecule has 0 aromatic carbocycles. The second-order valence-electron chi connectivity index (χ2n) is 11.5. The number of ether oxygens (including phenoxy) is 2. The Balaban J connectivity index is 1.04. The van der Waals surface area contributed by atoms with E-state index in [4.69, 9.17) is 14.6 Å². The van der Waals surface area contributed by atoms with Gasteiger partial charge in [0, 0.05) is 51.5 Å². The van der Waals surface area contributed by atoms with Gasteiger partial charge in [0.2, 0.25) is 17.7 Å². The number of rotatable bonds is 13. The van der Waals surface area contributed by atoms with E-state index in [0.29, 0.717) is 45.4 Å². The zero-order chi connectivity index (χ0) is 29.2. The molecule has 1 aromatic rings. The van der Waals surface area contributed by atoms with E-state index in [0.717, 1.165) is 44.1 Å². The minimum atomic E-state index is -0.737. The number of aliphatic carboxylic acids is 1. The number of hydrogen-bond donors (Lipinski definition) is 3. The number of pyridine rings is 1. The van der Waals surface area contributed by atoms with Crippen LogP contribution in [0.1, 0.15) is 82.2 Å². The molecular weight excluding hydrogens is 528 g/mol. The highest BCUT2D eigenvalue weighted by Crippen LogP contribution is 2.36. The quantitative estimate of drug-likeness (QED) is 0.306. The lowest BCUT2D eigenvalue weighted by Gasteiger charge is -2.29. The van der Waals surface area contributed by atoms with E-state index in [2.05, 4.69) is 15.6 Å². The van der Waals surface area contributed by atoms with Crippen LogP contribution in [0.3, 0.4) is 0 Å². The van der Waals surface area contributed by atoms with Crippen LogP contribution in [0.2, 0.25) is 0 Å². The number of nitrogens with zero attached hydrogens (tertiary/aromatic N) is 2. The van der Waals surface area contributed by atoms with Gasteiger partial charge in [0.25, 0.3) is 0 Å². The van der Waals surface area contributed by atoms with Gasteiger partial charge in [-0.25, -0.2) is 0 Å². The maximum Gasteiger partial charge on any atom is 0.306 e. The number of carboxylic acids is 1.